The molecule has 2 rings (SSSR count). The van der Waals surface area contributed by atoms with Crippen LogP contribution < -0.4 is 4.74 Å². The molecule has 1 heterocycles. The first-order chi connectivity index (χ1) is 7.63. The molecule has 0 aliphatic rings. The van der Waals surface area contributed by atoms with E-state index in [1.807, 2.05) is 0 Å². The molecular weight excluding hydrogens is 258 g/mol. The molecular formula is C9H5ClF2N2OS. The van der Waals surface area contributed by atoms with Gasteiger partial charge in [-0.25, -0.2) is 8.78 Å². The Hall–Kier alpha value is -1.27. The van der Waals surface area contributed by atoms with Crippen LogP contribution in [-0.4, -0.2) is 10.2 Å². The molecule has 3 nitrogen and oxygen atoms in total. The van der Waals surface area contributed by atoms with Crippen molar-refractivity contribution in [3.05, 3.63) is 39.3 Å². The van der Waals surface area contributed by atoms with Gasteiger partial charge in [-0.15, -0.1) is 10.2 Å². The summed E-state index contributed by atoms with van der Waals surface area (Å²) in [5.74, 6) is -1.28. The Morgan fingerprint density at radius 2 is 1.88 bits per heavy atom. The van der Waals surface area contributed by atoms with Gasteiger partial charge in [-0.05, 0) is 11.6 Å². The number of benzene rings is 1. The van der Waals surface area contributed by atoms with E-state index in [-0.39, 0.29) is 12.4 Å². The summed E-state index contributed by atoms with van der Waals surface area (Å²) in [5.41, 5.74) is 0. The zero-order valence-corrected chi connectivity index (χ0v) is 9.36. The van der Waals surface area contributed by atoms with Crippen LogP contribution in [0, 0.1) is 11.6 Å². The van der Waals surface area contributed by atoms with E-state index >= 15 is 0 Å². The first-order valence-corrected chi connectivity index (χ1v) is 5.40. The maximum atomic E-state index is 12.8. The minimum absolute atomic E-state index is 0.0767. The standard InChI is InChI=1S/C9H5ClF2N2OS/c10-9-14-13-8(16-9)4-15-7-2-5(11)1-6(12)3-7/h1-3H,4H2. The van der Waals surface area contributed by atoms with E-state index < -0.39 is 11.6 Å². The molecule has 0 aliphatic carbocycles. The number of hydrogen-bond acceptors (Lipinski definition) is 4. The van der Waals surface area contributed by atoms with Gasteiger partial charge in [-0.1, -0.05) is 11.3 Å². The van der Waals surface area contributed by atoms with E-state index in [1.54, 1.807) is 0 Å². The Kier molecular flexibility index (Phi) is 3.31. The maximum Gasteiger partial charge on any atom is 0.207 e. The largest absolute Gasteiger partial charge is 0.486 e. The second-order valence-electron chi connectivity index (χ2n) is 2.84. The van der Waals surface area contributed by atoms with Crippen LogP contribution in [0.3, 0.4) is 0 Å². The fraction of sp³-hybridized carbons (Fsp3) is 0.111. The summed E-state index contributed by atoms with van der Waals surface area (Å²) in [6.07, 6.45) is 0. The maximum absolute atomic E-state index is 12.8. The number of nitrogens with zero attached hydrogens (tertiary/aromatic N) is 2. The van der Waals surface area contributed by atoms with Gasteiger partial charge in [-0.3, -0.25) is 0 Å². The van der Waals surface area contributed by atoms with Crippen molar-refractivity contribution in [3.63, 3.8) is 0 Å². The Morgan fingerprint density at radius 1 is 1.19 bits per heavy atom. The van der Waals surface area contributed by atoms with Gasteiger partial charge in [0.15, 0.2) is 5.01 Å². The Morgan fingerprint density at radius 3 is 2.44 bits per heavy atom. The number of hydrogen-bond donors (Lipinski definition) is 0. The zero-order chi connectivity index (χ0) is 11.5. The highest BCUT2D eigenvalue weighted by molar-refractivity contribution is 7.15. The van der Waals surface area contributed by atoms with Crippen LogP contribution in [0.25, 0.3) is 0 Å². The lowest BCUT2D eigenvalue weighted by Gasteiger charge is -2.03. The lowest BCUT2D eigenvalue weighted by atomic mass is 10.3. The quantitative estimate of drug-likeness (QED) is 0.853. The first-order valence-electron chi connectivity index (χ1n) is 4.20. The lowest BCUT2D eigenvalue weighted by Crippen LogP contribution is -1.96. The van der Waals surface area contributed by atoms with Crippen LogP contribution in [-0.2, 0) is 6.61 Å². The van der Waals surface area contributed by atoms with Crippen LogP contribution in [0.15, 0.2) is 18.2 Å². The fourth-order valence-corrected chi connectivity index (χ4v) is 1.83. The van der Waals surface area contributed by atoms with Gasteiger partial charge in [0.2, 0.25) is 4.47 Å². The molecule has 0 aliphatic heterocycles. The number of ether oxygens (including phenoxy) is 1. The van der Waals surface area contributed by atoms with Crippen molar-refractivity contribution in [1.29, 1.82) is 0 Å². The normalized spacial score (nSPS) is 10.4. The van der Waals surface area contributed by atoms with Crippen LogP contribution in [0.5, 0.6) is 5.75 Å². The second-order valence-corrected chi connectivity index (χ2v) is 4.49. The Labute approximate surface area is 98.6 Å². The average Bonchev–Trinajstić information content (AvgIpc) is 2.60. The summed E-state index contributed by atoms with van der Waals surface area (Å²) in [6.45, 7) is 0.0767. The molecule has 0 amide bonds. The molecule has 0 saturated heterocycles. The van der Waals surface area contributed by atoms with Crippen molar-refractivity contribution in [2.45, 2.75) is 6.61 Å². The molecule has 0 spiro atoms. The van der Waals surface area contributed by atoms with Gasteiger partial charge in [0.1, 0.15) is 24.0 Å². The van der Waals surface area contributed by atoms with Crippen molar-refractivity contribution >= 4 is 22.9 Å². The van der Waals surface area contributed by atoms with Crippen LogP contribution in [0.1, 0.15) is 5.01 Å². The van der Waals surface area contributed by atoms with Gasteiger partial charge in [-0.2, -0.15) is 0 Å². The Bertz CT molecular complexity index is 486. The van der Waals surface area contributed by atoms with E-state index in [0.717, 1.165) is 29.5 Å². The predicted octanol–water partition coefficient (Wildman–Crippen LogP) is 3.05. The fourth-order valence-electron chi connectivity index (χ4n) is 1.05. The summed E-state index contributed by atoms with van der Waals surface area (Å²) < 4.78 is 31.0. The van der Waals surface area contributed by atoms with Crippen molar-refractivity contribution in [2.75, 3.05) is 0 Å². The van der Waals surface area contributed by atoms with Gasteiger partial charge in [0.05, 0.1) is 0 Å². The topological polar surface area (TPSA) is 35.0 Å². The smallest absolute Gasteiger partial charge is 0.207 e. The lowest BCUT2D eigenvalue weighted by molar-refractivity contribution is 0.301. The van der Waals surface area contributed by atoms with Gasteiger partial charge < -0.3 is 4.74 Å². The van der Waals surface area contributed by atoms with Crippen LogP contribution >= 0.6 is 22.9 Å². The molecule has 0 saturated carbocycles. The predicted molar refractivity (Wildman–Crippen MR) is 55.6 cm³/mol. The van der Waals surface area contributed by atoms with Crippen molar-refractivity contribution in [3.8, 4) is 5.75 Å². The molecule has 0 atom stereocenters. The van der Waals surface area contributed by atoms with Crippen molar-refractivity contribution < 1.29 is 13.5 Å². The van der Waals surface area contributed by atoms with E-state index in [2.05, 4.69) is 10.2 Å². The number of halogens is 3. The Balaban J connectivity index is 2.04. The molecule has 16 heavy (non-hydrogen) atoms. The SMILES string of the molecule is Fc1cc(F)cc(OCc2nnc(Cl)s2)c1. The highest BCUT2D eigenvalue weighted by atomic mass is 35.5. The molecule has 1 aromatic carbocycles. The summed E-state index contributed by atoms with van der Waals surface area (Å²) in [5, 5.41) is 7.81. The van der Waals surface area contributed by atoms with Crippen molar-refractivity contribution in [1.82, 2.24) is 10.2 Å². The molecule has 7 heteroatoms. The van der Waals surface area contributed by atoms with E-state index in [0.29, 0.717) is 9.47 Å². The zero-order valence-electron chi connectivity index (χ0n) is 7.78. The monoisotopic (exact) mass is 262 g/mol. The highest BCUT2D eigenvalue weighted by Gasteiger charge is 2.05. The second kappa shape index (κ2) is 4.71. The molecule has 0 bridgehead atoms. The van der Waals surface area contributed by atoms with Crippen LogP contribution in [0.2, 0.25) is 4.47 Å². The third-order valence-corrected chi connectivity index (χ3v) is 2.63. The highest BCUT2D eigenvalue weighted by Crippen LogP contribution is 2.19. The van der Waals surface area contributed by atoms with E-state index in [1.165, 1.54) is 0 Å². The third kappa shape index (κ3) is 2.86. The minimum atomic E-state index is -0.690. The van der Waals surface area contributed by atoms with E-state index in [9.17, 15) is 8.78 Å². The molecule has 84 valence electrons. The molecule has 1 aromatic heterocycles. The molecule has 2 aromatic rings. The molecule has 0 N–H and O–H groups in total. The van der Waals surface area contributed by atoms with Gasteiger partial charge in [0.25, 0.3) is 0 Å². The average molecular weight is 263 g/mol. The minimum Gasteiger partial charge on any atom is -0.486 e. The van der Waals surface area contributed by atoms with Crippen LogP contribution in [0.4, 0.5) is 8.78 Å². The van der Waals surface area contributed by atoms with Gasteiger partial charge >= 0.3 is 0 Å². The summed E-state index contributed by atoms with van der Waals surface area (Å²) in [7, 11) is 0. The van der Waals surface area contributed by atoms with Gasteiger partial charge in [0, 0.05) is 18.2 Å². The molecule has 0 radical (unpaired) electrons. The van der Waals surface area contributed by atoms with E-state index in [4.69, 9.17) is 16.3 Å². The molecule has 0 fully saturated rings. The van der Waals surface area contributed by atoms with Crippen molar-refractivity contribution in [2.24, 2.45) is 0 Å². The number of rotatable bonds is 3. The first kappa shape index (κ1) is 11.2. The number of aromatic nitrogens is 2. The third-order valence-electron chi connectivity index (χ3n) is 1.64. The molecule has 0 unspecified atom stereocenters. The summed E-state index contributed by atoms with van der Waals surface area (Å²) in [6, 6.07) is 2.95. The summed E-state index contributed by atoms with van der Waals surface area (Å²) >= 11 is 6.71. The summed E-state index contributed by atoms with van der Waals surface area (Å²) in [4.78, 5) is 0.